The molecule has 34 heavy (non-hydrogen) atoms. The van der Waals surface area contributed by atoms with E-state index in [1.807, 2.05) is 13.8 Å². The van der Waals surface area contributed by atoms with Crippen molar-refractivity contribution in [2.24, 2.45) is 5.92 Å². The second-order valence-corrected chi connectivity index (χ2v) is 10.7. The fourth-order valence-corrected chi connectivity index (χ4v) is 5.36. The number of ether oxygens (including phenoxy) is 2. The van der Waals surface area contributed by atoms with Crippen LogP contribution in [0.15, 0.2) is 29.2 Å². The molecule has 1 fully saturated rings. The zero-order valence-electron chi connectivity index (χ0n) is 20.0. The van der Waals surface area contributed by atoms with Crippen molar-refractivity contribution in [2.45, 2.75) is 45.6 Å². The fraction of sp³-hybridized carbons (Fsp3) is 0.500. The summed E-state index contributed by atoms with van der Waals surface area (Å²) in [5.41, 5.74) is 2.08. The molecule has 0 unspecified atom stereocenters. The van der Waals surface area contributed by atoms with Gasteiger partial charge in [0.1, 0.15) is 10.7 Å². The van der Waals surface area contributed by atoms with Crippen molar-refractivity contribution in [1.29, 1.82) is 0 Å². The Labute approximate surface area is 199 Å². The Kier molecular flexibility index (Phi) is 8.27. The van der Waals surface area contributed by atoms with Crippen LogP contribution < -0.4 is 0 Å². The van der Waals surface area contributed by atoms with Crippen LogP contribution in [0.1, 0.15) is 52.4 Å². The first-order valence-electron chi connectivity index (χ1n) is 11.3. The number of benzene rings is 1. The number of carbonyl (C=O) groups is 2. The highest BCUT2D eigenvalue weighted by atomic mass is 32.2. The topological polar surface area (TPSA) is 94.9 Å². The Hall–Kier alpha value is -2.56. The van der Waals surface area contributed by atoms with Gasteiger partial charge in [0, 0.05) is 36.6 Å². The van der Waals surface area contributed by atoms with E-state index < -0.39 is 33.3 Å². The van der Waals surface area contributed by atoms with E-state index in [4.69, 9.17) is 9.47 Å². The molecule has 0 spiro atoms. The summed E-state index contributed by atoms with van der Waals surface area (Å²) in [6.07, 6.45) is 0.971. The molecule has 2 heterocycles. The molecule has 0 bridgehead atoms. The first-order valence-corrected chi connectivity index (χ1v) is 12.7. The SMILES string of the molecule is Cc1cc(C(=O)COC(=O)c2ccc(F)c(S(=O)(=O)N3CCOCC3)c2)c(C)n1CCC(C)C. The molecule has 186 valence electrons. The minimum absolute atomic E-state index is 0.0978. The van der Waals surface area contributed by atoms with Crippen molar-refractivity contribution < 1.29 is 31.9 Å². The van der Waals surface area contributed by atoms with Crippen LogP contribution in [0.4, 0.5) is 4.39 Å². The number of ketones is 1. The molecular weight excluding hydrogens is 463 g/mol. The average molecular weight is 495 g/mol. The van der Waals surface area contributed by atoms with Crippen LogP contribution in [0.25, 0.3) is 0 Å². The van der Waals surface area contributed by atoms with E-state index in [1.54, 1.807) is 6.07 Å². The summed E-state index contributed by atoms with van der Waals surface area (Å²) < 4.78 is 53.5. The van der Waals surface area contributed by atoms with E-state index in [0.29, 0.717) is 11.5 Å². The van der Waals surface area contributed by atoms with Crippen LogP contribution in [0.5, 0.6) is 0 Å². The molecule has 1 aromatic heterocycles. The molecule has 1 aromatic carbocycles. The fourth-order valence-electron chi connectivity index (χ4n) is 3.86. The van der Waals surface area contributed by atoms with Gasteiger partial charge in [-0.25, -0.2) is 17.6 Å². The minimum atomic E-state index is -4.14. The molecule has 0 aliphatic carbocycles. The van der Waals surface area contributed by atoms with Crippen LogP contribution in [0, 0.1) is 25.6 Å². The number of aromatic nitrogens is 1. The standard InChI is InChI=1S/C24H31FN2O6S/c1-16(2)7-8-27-17(3)13-20(18(27)4)22(28)15-33-24(29)19-5-6-21(25)23(14-19)34(30,31)26-9-11-32-12-10-26/h5-6,13-14,16H,7-12,15H2,1-4H3. The maximum absolute atomic E-state index is 14.4. The summed E-state index contributed by atoms with van der Waals surface area (Å²) >= 11 is 0. The Morgan fingerprint density at radius 1 is 1.15 bits per heavy atom. The van der Waals surface area contributed by atoms with Gasteiger partial charge < -0.3 is 14.0 Å². The zero-order chi connectivity index (χ0) is 25.0. The number of morpholine rings is 1. The molecule has 0 atom stereocenters. The molecule has 3 rings (SSSR count). The summed E-state index contributed by atoms with van der Waals surface area (Å²) in [5, 5.41) is 0. The van der Waals surface area contributed by atoms with Crippen LogP contribution in [0.2, 0.25) is 0 Å². The zero-order valence-corrected chi connectivity index (χ0v) is 20.8. The number of aryl methyl sites for hydroxylation is 1. The molecule has 1 aliphatic heterocycles. The van der Waals surface area contributed by atoms with Gasteiger partial charge in [0.15, 0.2) is 6.61 Å². The number of Topliss-reactive ketones (excluding diaryl/α,β-unsaturated/α-hetero) is 1. The predicted molar refractivity (Wildman–Crippen MR) is 124 cm³/mol. The number of esters is 1. The summed E-state index contributed by atoms with van der Waals surface area (Å²) in [6, 6.07) is 4.77. The molecular formula is C24H31FN2O6S. The molecule has 1 aliphatic rings. The van der Waals surface area contributed by atoms with E-state index in [2.05, 4.69) is 18.4 Å². The predicted octanol–water partition coefficient (Wildman–Crippen LogP) is 3.35. The number of hydrogen-bond donors (Lipinski definition) is 0. The normalized spacial score (nSPS) is 15.0. The third-order valence-electron chi connectivity index (χ3n) is 5.89. The molecule has 1 saturated heterocycles. The Balaban J connectivity index is 1.71. The number of rotatable bonds is 9. The average Bonchev–Trinajstić information content (AvgIpc) is 3.09. The maximum Gasteiger partial charge on any atom is 0.338 e. The third-order valence-corrected chi connectivity index (χ3v) is 7.81. The van der Waals surface area contributed by atoms with Crippen LogP contribution >= 0.6 is 0 Å². The van der Waals surface area contributed by atoms with Crippen molar-refractivity contribution in [3.05, 3.63) is 52.6 Å². The lowest BCUT2D eigenvalue weighted by atomic mass is 10.1. The second kappa shape index (κ2) is 10.8. The largest absolute Gasteiger partial charge is 0.454 e. The van der Waals surface area contributed by atoms with Gasteiger partial charge in [-0.05, 0) is 50.5 Å². The van der Waals surface area contributed by atoms with E-state index in [9.17, 15) is 22.4 Å². The van der Waals surface area contributed by atoms with E-state index >= 15 is 0 Å². The van der Waals surface area contributed by atoms with Crippen LogP contribution in [-0.4, -0.2) is 62.0 Å². The minimum Gasteiger partial charge on any atom is -0.454 e. The van der Waals surface area contributed by atoms with Gasteiger partial charge in [-0.15, -0.1) is 0 Å². The molecule has 0 amide bonds. The highest BCUT2D eigenvalue weighted by Gasteiger charge is 2.30. The first-order chi connectivity index (χ1) is 16.0. The molecule has 0 radical (unpaired) electrons. The molecule has 0 N–H and O–H groups in total. The van der Waals surface area contributed by atoms with Gasteiger partial charge in [0.2, 0.25) is 15.8 Å². The van der Waals surface area contributed by atoms with Crippen LogP contribution in [-0.2, 0) is 26.0 Å². The number of halogens is 1. The number of hydrogen-bond acceptors (Lipinski definition) is 6. The maximum atomic E-state index is 14.4. The highest BCUT2D eigenvalue weighted by Crippen LogP contribution is 2.23. The summed E-state index contributed by atoms with van der Waals surface area (Å²) in [7, 11) is -4.14. The van der Waals surface area contributed by atoms with Gasteiger partial charge in [-0.1, -0.05) is 13.8 Å². The van der Waals surface area contributed by atoms with Crippen molar-refractivity contribution in [2.75, 3.05) is 32.9 Å². The molecule has 10 heteroatoms. The van der Waals surface area contributed by atoms with Gasteiger partial charge >= 0.3 is 5.97 Å². The molecule has 2 aromatic rings. The first kappa shape index (κ1) is 26.1. The Morgan fingerprint density at radius 3 is 2.47 bits per heavy atom. The van der Waals surface area contributed by atoms with E-state index in [-0.39, 0.29) is 37.6 Å². The lowest BCUT2D eigenvalue weighted by Gasteiger charge is -2.26. The molecule has 8 nitrogen and oxygen atoms in total. The molecule has 0 saturated carbocycles. The highest BCUT2D eigenvalue weighted by molar-refractivity contribution is 7.89. The van der Waals surface area contributed by atoms with E-state index in [0.717, 1.165) is 46.9 Å². The van der Waals surface area contributed by atoms with Crippen molar-refractivity contribution in [1.82, 2.24) is 8.87 Å². The summed E-state index contributed by atoms with van der Waals surface area (Å²) in [6.45, 7) is 8.94. The number of nitrogens with zero attached hydrogens (tertiary/aromatic N) is 2. The van der Waals surface area contributed by atoms with Crippen molar-refractivity contribution >= 4 is 21.8 Å². The monoisotopic (exact) mass is 494 g/mol. The van der Waals surface area contributed by atoms with Gasteiger partial charge in [-0.2, -0.15) is 4.31 Å². The second-order valence-electron chi connectivity index (χ2n) is 8.78. The number of carbonyl (C=O) groups excluding carboxylic acids is 2. The van der Waals surface area contributed by atoms with Crippen molar-refractivity contribution in [3.63, 3.8) is 0 Å². The Bertz CT molecular complexity index is 1170. The lowest BCUT2D eigenvalue weighted by Crippen LogP contribution is -2.41. The third kappa shape index (κ3) is 5.73. The van der Waals surface area contributed by atoms with Crippen molar-refractivity contribution in [3.8, 4) is 0 Å². The number of sulfonamides is 1. The smallest absolute Gasteiger partial charge is 0.338 e. The quantitative estimate of drug-likeness (QED) is 0.392. The van der Waals surface area contributed by atoms with Crippen LogP contribution in [0.3, 0.4) is 0 Å². The van der Waals surface area contributed by atoms with Gasteiger partial charge in [-0.3, -0.25) is 4.79 Å². The van der Waals surface area contributed by atoms with Gasteiger partial charge in [0.05, 0.1) is 18.8 Å². The van der Waals surface area contributed by atoms with E-state index in [1.165, 1.54) is 0 Å². The summed E-state index contributed by atoms with van der Waals surface area (Å²) in [5.74, 6) is -1.71. The Morgan fingerprint density at radius 2 is 1.82 bits per heavy atom. The summed E-state index contributed by atoms with van der Waals surface area (Å²) in [4.78, 5) is 24.7. The van der Waals surface area contributed by atoms with Gasteiger partial charge in [0.25, 0.3) is 0 Å². The lowest BCUT2D eigenvalue weighted by molar-refractivity contribution is 0.0474.